The average Bonchev–Trinajstić information content (AvgIpc) is 3.48. The first-order valence-electron chi connectivity index (χ1n) is 11.0. The van der Waals surface area contributed by atoms with Gasteiger partial charge in [-0.1, -0.05) is 12.1 Å². The summed E-state index contributed by atoms with van der Waals surface area (Å²) in [5, 5.41) is 9.45. The number of hydrogen-bond acceptors (Lipinski definition) is 4. The Balaban J connectivity index is 1.53. The first-order chi connectivity index (χ1) is 17.0. The van der Waals surface area contributed by atoms with Gasteiger partial charge in [0.1, 0.15) is 0 Å². The Morgan fingerprint density at radius 2 is 1.78 bits per heavy atom. The molecule has 0 aliphatic heterocycles. The third kappa shape index (κ3) is 5.32. The Hall–Kier alpha value is -4.34. The van der Waals surface area contributed by atoms with Gasteiger partial charge in [0.15, 0.2) is 5.76 Å². The lowest BCUT2D eigenvalue weighted by molar-refractivity contribution is -0.138. The van der Waals surface area contributed by atoms with Crippen molar-refractivity contribution in [3.63, 3.8) is 0 Å². The van der Waals surface area contributed by atoms with Gasteiger partial charge in [0.25, 0.3) is 11.8 Å². The standard InChI is InChI=1S/C26H23F3N4O3/c1-15-6-7-18(12-22(15)31-25(35)23-5-4-10-36-23)24(34)30-14-19-8-9-20(13-21(19)26(27,28)29)33-17(3)11-16(2)32-33/h4-13H,14H2,1-3H3,(H,30,34)(H,31,35). The van der Waals surface area contributed by atoms with E-state index in [1.807, 2.05) is 0 Å². The van der Waals surface area contributed by atoms with E-state index in [9.17, 15) is 22.8 Å². The molecule has 7 nitrogen and oxygen atoms in total. The maximum Gasteiger partial charge on any atom is 0.416 e. The fourth-order valence-electron chi connectivity index (χ4n) is 3.77. The first-order valence-corrected chi connectivity index (χ1v) is 11.0. The molecule has 0 atom stereocenters. The van der Waals surface area contributed by atoms with Crippen molar-refractivity contribution in [2.75, 3.05) is 5.32 Å². The average molecular weight is 496 g/mol. The van der Waals surface area contributed by atoms with Gasteiger partial charge in [0, 0.05) is 23.5 Å². The Bertz CT molecular complexity index is 1420. The molecule has 0 radical (unpaired) electrons. The van der Waals surface area contributed by atoms with Crippen LogP contribution < -0.4 is 10.6 Å². The van der Waals surface area contributed by atoms with Crippen LogP contribution >= 0.6 is 0 Å². The van der Waals surface area contributed by atoms with Gasteiger partial charge in [-0.25, -0.2) is 4.68 Å². The predicted molar refractivity (Wildman–Crippen MR) is 127 cm³/mol. The van der Waals surface area contributed by atoms with E-state index in [-0.39, 0.29) is 29.1 Å². The second-order valence-corrected chi connectivity index (χ2v) is 8.32. The molecule has 186 valence electrons. The van der Waals surface area contributed by atoms with Crippen molar-refractivity contribution in [1.82, 2.24) is 15.1 Å². The molecule has 0 spiro atoms. The fourth-order valence-corrected chi connectivity index (χ4v) is 3.77. The molecule has 36 heavy (non-hydrogen) atoms. The molecule has 0 bridgehead atoms. The molecule has 2 aromatic carbocycles. The van der Waals surface area contributed by atoms with Crippen molar-refractivity contribution < 1.29 is 27.2 Å². The molecule has 2 heterocycles. The number of alkyl halides is 3. The SMILES string of the molecule is Cc1cc(C)n(-c2ccc(CNC(=O)c3ccc(C)c(NC(=O)c4ccco4)c3)c(C(F)(F)F)c2)n1. The van der Waals surface area contributed by atoms with Crippen LogP contribution in [0.1, 0.15) is 49.0 Å². The van der Waals surface area contributed by atoms with Crippen LogP contribution in [0.4, 0.5) is 18.9 Å². The summed E-state index contributed by atoms with van der Waals surface area (Å²) in [6, 6.07) is 13.4. The topological polar surface area (TPSA) is 89.2 Å². The van der Waals surface area contributed by atoms with Gasteiger partial charge in [-0.2, -0.15) is 18.3 Å². The van der Waals surface area contributed by atoms with Crippen LogP contribution in [0.25, 0.3) is 5.69 Å². The number of benzene rings is 2. The number of carbonyl (C=O) groups is 2. The molecule has 0 aliphatic carbocycles. The molecular weight excluding hydrogens is 473 g/mol. The van der Waals surface area contributed by atoms with Crippen LogP contribution in [-0.2, 0) is 12.7 Å². The molecule has 4 rings (SSSR count). The van der Waals surface area contributed by atoms with Crippen molar-refractivity contribution in [2.24, 2.45) is 0 Å². The van der Waals surface area contributed by atoms with E-state index in [0.29, 0.717) is 22.6 Å². The van der Waals surface area contributed by atoms with E-state index in [1.165, 1.54) is 41.3 Å². The number of carbonyl (C=O) groups excluding carboxylic acids is 2. The predicted octanol–water partition coefficient (Wildman–Crippen LogP) is 5.59. The van der Waals surface area contributed by atoms with Crippen LogP contribution in [0, 0.1) is 20.8 Å². The Labute approximate surface area is 204 Å². The fraction of sp³-hybridized carbons (Fsp3) is 0.192. The molecular formula is C26H23F3N4O3. The first kappa shape index (κ1) is 24.8. The number of rotatable bonds is 6. The molecule has 0 unspecified atom stereocenters. The molecule has 4 aromatic rings. The lowest BCUT2D eigenvalue weighted by atomic mass is 10.0. The van der Waals surface area contributed by atoms with E-state index in [1.54, 1.807) is 39.0 Å². The van der Waals surface area contributed by atoms with Gasteiger partial charge in [-0.15, -0.1) is 0 Å². The number of nitrogens with one attached hydrogen (secondary N) is 2. The van der Waals surface area contributed by atoms with Gasteiger partial charge in [0.2, 0.25) is 0 Å². The van der Waals surface area contributed by atoms with Crippen molar-refractivity contribution in [3.8, 4) is 5.69 Å². The smallest absolute Gasteiger partial charge is 0.416 e. The molecule has 0 aliphatic rings. The minimum Gasteiger partial charge on any atom is -0.459 e. The number of hydrogen-bond donors (Lipinski definition) is 2. The highest BCUT2D eigenvalue weighted by molar-refractivity contribution is 6.03. The number of anilines is 1. The van der Waals surface area contributed by atoms with Crippen molar-refractivity contribution in [1.29, 1.82) is 0 Å². The van der Waals surface area contributed by atoms with E-state index in [0.717, 1.165) is 6.07 Å². The van der Waals surface area contributed by atoms with Crippen molar-refractivity contribution in [3.05, 3.63) is 100 Å². The maximum absolute atomic E-state index is 13.8. The summed E-state index contributed by atoms with van der Waals surface area (Å²) in [4.78, 5) is 25.0. The normalized spacial score (nSPS) is 11.4. The number of aryl methyl sites for hydroxylation is 3. The zero-order valence-electron chi connectivity index (χ0n) is 19.7. The number of halogens is 3. The molecule has 0 fully saturated rings. The number of furan rings is 1. The van der Waals surface area contributed by atoms with Crippen LogP contribution in [0.15, 0.2) is 65.3 Å². The summed E-state index contributed by atoms with van der Waals surface area (Å²) in [7, 11) is 0. The zero-order chi connectivity index (χ0) is 26.0. The van der Waals surface area contributed by atoms with E-state index >= 15 is 0 Å². The Morgan fingerprint density at radius 3 is 2.42 bits per heavy atom. The van der Waals surface area contributed by atoms with E-state index in [2.05, 4.69) is 15.7 Å². The molecule has 10 heteroatoms. The minimum atomic E-state index is -4.63. The molecule has 0 saturated carbocycles. The zero-order valence-corrected chi connectivity index (χ0v) is 19.7. The molecule has 2 aromatic heterocycles. The van der Waals surface area contributed by atoms with Crippen LogP contribution in [0.5, 0.6) is 0 Å². The third-order valence-corrected chi connectivity index (χ3v) is 5.59. The second kappa shape index (κ2) is 9.73. The van der Waals surface area contributed by atoms with E-state index in [4.69, 9.17) is 4.42 Å². The van der Waals surface area contributed by atoms with Crippen LogP contribution in [0.3, 0.4) is 0 Å². The van der Waals surface area contributed by atoms with Crippen molar-refractivity contribution in [2.45, 2.75) is 33.5 Å². The Kier molecular flexibility index (Phi) is 6.69. The summed E-state index contributed by atoms with van der Waals surface area (Å²) < 4.78 is 48.0. The summed E-state index contributed by atoms with van der Waals surface area (Å²) >= 11 is 0. The molecule has 2 amide bonds. The second-order valence-electron chi connectivity index (χ2n) is 8.32. The van der Waals surface area contributed by atoms with Gasteiger partial charge in [-0.3, -0.25) is 9.59 Å². The summed E-state index contributed by atoms with van der Waals surface area (Å²) in [6.07, 6.45) is -3.26. The lowest BCUT2D eigenvalue weighted by Gasteiger charge is -2.16. The van der Waals surface area contributed by atoms with Gasteiger partial charge >= 0.3 is 6.18 Å². The maximum atomic E-state index is 13.8. The summed E-state index contributed by atoms with van der Waals surface area (Å²) in [5.74, 6) is -0.967. The van der Waals surface area contributed by atoms with Crippen LogP contribution in [-0.4, -0.2) is 21.6 Å². The lowest BCUT2D eigenvalue weighted by Crippen LogP contribution is -2.25. The highest BCUT2D eigenvalue weighted by Gasteiger charge is 2.34. The van der Waals surface area contributed by atoms with Crippen molar-refractivity contribution >= 4 is 17.5 Å². The highest BCUT2D eigenvalue weighted by Crippen LogP contribution is 2.34. The monoisotopic (exact) mass is 496 g/mol. The van der Waals surface area contributed by atoms with Gasteiger partial charge in [0.05, 0.1) is 23.2 Å². The molecule has 0 saturated heterocycles. The largest absolute Gasteiger partial charge is 0.459 e. The van der Waals surface area contributed by atoms with Gasteiger partial charge in [-0.05, 0) is 74.4 Å². The van der Waals surface area contributed by atoms with E-state index < -0.39 is 23.6 Å². The quantitative estimate of drug-likeness (QED) is 0.364. The number of aromatic nitrogens is 2. The Morgan fingerprint density at radius 1 is 1.00 bits per heavy atom. The third-order valence-electron chi connectivity index (χ3n) is 5.59. The molecule has 2 N–H and O–H groups in total. The summed E-state index contributed by atoms with van der Waals surface area (Å²) in [5.41, 5.74) is 2.00. The minimum absolute atomic E-state index is 0.0837. The highest BCUT2D eigenvalue weighted by atomic mass is 19.4. The number of amides is 2. The summed E-state index contributed by atoms with van der Waals surface area (Å²) in [6.45, 7) is 4.93. The van der Waals surface area contributed by atoms with Crippen LogP contribution in [0.2, 0.25) is 0 Å². The van der Waals surface area contributed by atoms with Gasteiger partial charge < -0.3 is 15.1 Å². The number of nitrogens with zero attached hydrogens (tertiary/aromatic N) is 2.